The van der Waals surface area contributed by atoms with E-state index < -0.39 is 12.1 Å². The maximum absolute atomic E-state index is 13.4. The smallest absolute Gasteiger partial charge is 0.243 e. The number of rotatable bonds is 9. The summed E-state index contributed by atoms with van der Waals surface area (Å²) < 4.78 is 1.69. The molecule has 2 aliphatic heterocycles. The van der Waals surface area contributed by atoms with E-state index in [1.165, 1.54) is 4.90 Å². The van der Waals surface area contributed by atoms with Gasteiger partial charge in [-0.3, -0.25) is 19.4 Å². The Morgan fingerprint density at radius 1 is 1.18 bits per heavy atom. The highest BCUT2D eigenvalue weighted by Crippen LogP contribution is 2.23. The summed E-state index contributed by atoms with van der Waals surface area (Å²) >= 11 is 0. The number of nitrogens with two attached hydrogens (primary N) is 1. The first-order valence-electron chi connectivity index (χ1n) is 13.3. The maximum Gasteiger partial charge on any atom is 0.243 e. The predicted octanol–water partition coefficient (Wildman–Crippen LogP) is 0.186. The van der Waals surface area contributed by atoms with Crippen LogP contribution in [0, 0.1) is 0 Å². The van der Waals surface area contributed by atoms with Gasteiger partial charge in [0.15, 0.2) is 0 Å². The number of hydrogen-bond donors (Lipinski definition) is 3. The zero-order chi connectivity index (χ0) is 27.4. The molecule has 0 saturated carbocycles. The molecule has 1 aromatic carbocycles. The van der Waals surface area contributed by atoms with Gasteiger partial charge in [-0.25, -0.2) is 9.67 Å². The lowest BCUT2D eigenvalue weighted by Gasteiger charge is -2.27. The molecule has 2 aromatic heterocycles. The van der Waals surface area contributed by atoms with Crippen molar-refractivity contribution in [2.24, 2.45) is 12.8 Å². The summed E-state index contributed by atoms with van der Waals surface area (Å²) in [6.45, 7) is 2.08. The topological polar surface area (TPSA) is 164 Å². The van der Waals surface area contributed by atoms with Crippen LogP contribution in [0.25, 0.3) is 11.0 Å². The number of carbonyl (C=O) groups is 3. The van der Waals surface area contributed by atoms with E-state index in [-0.39, 0.29) is 49.7 Å². The second-order valence-corrected chi connectivity index (χ2v) is 10.2. The fourth-order valence-electron chi connectivity index (χ4n) is 5.26. The van der Waals surface area contributed by atoms with Crippen LogP contribution < -0.4 is 16.4 Å². The van der Waals surface area contributed by atoms with Gasteiger partial charge in [-0.2, -0.15) is 0 Å². The third kappa shape index (κ3) is 6.14. The molecule has 0 aliphatic carbocycles. The van der Waals surface area contributed by atoms with Crippen molar-refractivity contribution in [1.29, 1.82) is 0 Å². The monoisotopic (exact) mass is 534 g/mol. The van der Waals surface area contributed by atoms with E-state index in [1.807, 2.05) is 30.1 Å². The molecular weight excluding hydrogens is 500 g/mol. The highest BCUT2D eigenvalue weighted by molar-refractivity contribution is 5.91. The zero-order valence-corrected chi connectivity index (χ0v) is 22.0. The quantitative estimate of drug-likeness (QED) is 0.347. The number of aryl methyl sites for hydroxylation is 1. The molecule has 3 aromatic rings. The first kappa shape index (κ1) is 26.5. The van der Waals surface area contributed by atoms with Crippen molar-refractivity contribution < 1.29 is 14.4 Å². The molecule has 2 saturated heterocycles. The minimum absolute atomic E-state index is 0.0220. The largest absolute Gasteiger partial charge is 0.364 e. The Labute approximate surface area is 226 Å². The number of likely N-dealkylation sites (tertiary alicyclic amines) is 2. The predicted molar refractivity (Wildman–Crippen MR) is 143 cm³/mol. The van der Waals surface area contributed by atoms with Crippen LogP contribution in [0.4, 0.5) is 5.82 Å². The van der Waals surface area contributed by atoms with E-state index in [0.29, 0.717) is 12.2 Å². The van der Waals surface area contributed by atoms with Crippen molar-refractivity contribution >= 4 is 34.6 Å². The summed E-state index contributed by atoms with van der Waals surface area (Å²) in [5.74, 6) is -0.0253. The number of hydrogen-bond acceptors (Lipinski definition) is 9. The molecule has 13 nitrogen and oxygen atoms in total. The van der Waals surface area contributed by atoms with Crippen LogP contribution in [0.3, 0.4) is 0 Å². The fourth-order valence-corrected chi connectivity index (χ4v) is 5.26. The number of amides is 3. The van der Waals surface area contributed by atoms with Gasteiger partial charge in [0.25, 0.3) is 0 Å². The molecule has 0 radical (unpaired) electrons. The molecule has 4 N–H and O–H groups in total. The van der Waals surface area contributed by atoms with Crippen molar-refractivity contribution in [2.75, 3.05) is 25.0 Å². The van der Waals surface area contributed by atoms with Crippen molar-refractivity contribution in [1.82, 2.24) is 40.1 Å². The number of carbonyl (C=O) groups excluding carboxylic acids is 3. The molecule has 39 heavy (non-hydrogen) atoms. The number of nitrogens with zero attached hydrogens (tertiary/aromatic N) is 7. The molecule has 2 aliphatic rings. The summed E-state index contributed by atoms with van der Waals surface area (Å²) in [5, 5.41) is 14.4. The van der Waals surface area contributed by atoms with E-state index in [9.17, 15) is 14.4 Å². The molecule has 206 valence electrons. The number of nitrogens with one attached hydrogen (secondary N) is 2. The minimum atomic E-state index is -0.874. The third-order valence-corrected chi connectivity index (χ3v) is 7.39. The van der Waals surface area contributed by atoms with Crippen molar-refractivity contribution in [3.05, 3.63) is 42.4 Å². The summed E-state index contributed by atoms with van der Waals surface area (Å²) in [4.78, 5) is 50.9. The molecule has 3 unspecified atom stereocenters. The average Bonchev–Trinajstić information content (AvgIpc) is 3.71. The van der Waals surface area contributed by atoms with E-state index in [0.717, 1.165) is 42.5 Å². The van der Waals surface area contributed by atoms with E-state index in [1.54, 1.807) is 23.3 Å². The molecule has 3 amide bonds. The average molecular weight is 535 g/mol. The Balaban J connectivity index is 1.24. The number of fused-ring (bicyclic) bond motifs is 1. The first-order valence-corrected chi connectivity index (χ1v) is 13.3. The number of aromatic nitrogens is 5. The van der Waals surface area contributed by atoms with Crippen LogP contribution in [0.5, 0.6) is 0 Å². The van der Waals surface area contributed by atoms with Crippen LogP contribution in [0.1, 0.15) is 37.7 Å². The Morgan fingerprint density at radius 2 is 2.00 bits per heavy atom. The van der Waals surface area contributed by atoms with Gasteiger partial charge >= 0.3 is 0 Å². The van der Waals surface area contributed by atoms with Crippen LogP contribution in [-0.2, 0) is 28.0 Å². The summed E-state index contributed by atoms with van der Waals surface area (Å²) in [6.07, 6.45) is 7.60. The van der Waals surface area contributed by atoms with Gasteiger partial charge in [0.2, 0.25) is 17.7 Å². The van der Waals surface area contributed by atoms with Gasteiger partial charge in [-0.15, -0.1) is 5.10 Å². The van der Waals surface area contributed by atoms with E-state index in [4.69, 9.17) is 5.73 Å². The Morgan fingerprint density at radius 3 is 2.77 bits per heavy atom. The second kappa shape index (κ2) is 11.7. The van der Waals surface area contributed by atoms with Gasteiger partial charge in [0, 0.05) is 58.1 Å². The number of benzene rings is 1. The van der Waals surface area contributed by atoms with Gasteiger partial charge in [0.05, 0.1) is 17.8 Å². The maximum atomic E-state index is 13.4. The van der Waals surface area contributed by atoms with Crippen LogP contribution >= 0.6 is 0 Å². The first-order chi connectivity index (χ1) is 18.9. The molecule has 0 bridgehead atoms. The Hall–Kier alpha value is -4.13. The standard InChI is InChI=1S/C26H34N10O3/c1-34-21-6-4-17(12-20(21)32-33-34)14-30-25(38)22-13-18(31-23-15-28-8-9-29-23)16-36(22)26(39)19(27)5-7-24(37)35-10-2-3-11-35/h4,6,8-9,12,15,18-19,22H,2-3,5,7,10-11,13-14,16,27H2,1H3,(H,29,31)(H,30,38). The summed E-state index contributed by atoms with van der Waals surface area (Å²) in [6, 6.07) is 3.90. The van der Waals surface area contributed by atoms with Crippen LogP contribution in [0.2, 0.25) is 0 Å². The third-order valence-electron chi connectivity index (χ3n) is 7.39. The summed E-state index contributed by atoms with van der Waals surface area (Å²) in [5.41, 5.74) is 8.78. The molecule has 0 spiro atoms. The second-order valence-electron chi connectivity index (χ2n) is 10.2. The molecule has 13 heteroatoms. The van der Waals surface area contributed by atoms with Crippen LogP contribution in [0.15, 0.2) is 36.8 Å². The fraction of sp³-hybridized carbons (Fsp3) is 0.500. The molecule has 5 rings (SSSR count). The van der Waals surface area contributed by atoms with Gasteiger partial charge in [-0.1, -0.05) is 11.3 Å². The molecule has 2 fully saturated rings. The highest BCUT2D eigenvalue weighted by atomic mass is 16.2. The molecule has 3 atom stereocenters. The van der Waals surface area contributed by atoms with Crippen molar-refractivity contribution in [3.63, 3.8) is 0 Å². The van der Waals surface area contributed by atoms with Crippen LogP contribution in [-0.4, -0.2) is 90.2 Å². The Kier molecular flexibility index (Phi) is 7.96. The van der Waals surface area contributed by atoms with E-state index >= 15 is 0 Å². The lowest BCUT2D eigenvalue weighted by Crippen LogP contribution is -2.51. The van der Waals surface area contributed by atoms with Gasteiger partial charge in [0.1, 0.15) is 17.4 Å². The number of anilines is 1. The molecular formula is C26H34N10O3. The van der Waals surface area contributed by atoms with Gasteiger partial charge in [-0.05, 0) is 43.4 Å². The lowest BCUT2D eigenvalue weighted by atomic mass is 10.1. The highest BCUT2D eigenvalue weighted by Gasteiger charge is 2.41. The zero-order valence-electron chi connectivity index (χ0n) is 22.0. The van der Waals surface area contributed by atoms with E-state index in [2.05, 4.69) is 30.9 Å². The SMILES string of the molecule is Cn1nnc2cc(CNC(=O)C3CC(Nc4cnccn4)CN3C(=O)C(N)CCC(=O)N3CCCC3)ccc21. The minimum Gasteiger partial charge on any atom is -0.364 e. The van der Waals surface area contributed by atoms with Crippen molar-refractivity contribution in [3.8, 4) is 0 Å². The van der Waals surface area contributed by atoms with Crippen molar-refractivity contribution in [2.45, 2.75) is 56.8 Å². The summed E-state index contributed by atoms with van der Waals surface area (Å²) in [7, 11) is 1.82. The van der Waals surface area contributed by atoms with Gasteiger partial charge < -0.3 is 26.2 Å². The lowest BCUT2D eigenvalue weighted by molar-refractivity contribution is -0.140. The Bertz CT molecular complexity index is 1320. The normalized spacial score (nSPS) is 19.8. The molecule has 4 heterocycles.